The second-order valence-corrected chi connectivity index (χ2v) is 5.57. The Morgan fingerprint density at radius 3 is 2.81 bits per heavy atom. The van der Waals surface area contributed by atoms with Crippen LogP contribution >= 0.6 is 22.6 Å². The lowest BCUT2D eigenvalue weighted by Crippen LogP contribution is -2.26. The molecule has 0 spiro atoms. The zero-order valence-corrected chi connectivity index (χ0v) is 13.6. The number of halogens is 1. The van der Waals surface area contributed by atoms with E-state index in [-0.39, 0.29) is 11.2 Å². The number of aryl methyl sites for hydroxylation is 1. The molecule has 2 rings (SSSR count). The third-order valence-electron chi connectivity index (χ3n) is 3.07. The molecule has 0 aliphatic rings. The maximum atomic E-state index is 12.1. The fourth-order valence-corrected chi connectivity index (χ4v) is 2.39. The van der Waals surface area contributed by atoms with Gasteiger partial charge in [-0.2, -0.15) is 0 Å². The molecule has 1 heterocycles. The fraction of sp³-hybridized carbons (Fsp3) is 0.231. The molecule has 8 heteroatoms. The molecule has 0 aliphatic carbocycles. The zero-order valence-electron chi connectivity index (χ0n) is 11.5. The minimum Gasteiger partial charge on any atom is -0.383 e. The molecule has 7 nitrogen and oxygen atoms in total. The highest BCUT2D eigenvalue weighted by Gasteiger charge is 2.14. The van der Waals surface area contributed by atoms with Gasteiger partial charge in [-0.3, -0.25) is 19.5 Å². The van der Waals surface area contributed by atoms with E-state index in [9.17, 15) is 14.9 Å². The van der Waals surface area contributed by atoms with Gasteiger partial charge in [-0.25, -0.2) is 4.98 Å². The van der Waals surface area contributed by atoms with E-state index < -0.39 is 4.92 Å². The zero-order chi connectivity index (χ0) is 15.6. The number of nitrogens with one attached hydrogen (secondary N) is 1. The van der Waals surface area contributed by atoms with Gasteiger partial charge in [-0.15, -0.1) is 0 Å². The maximum absolute atomic E-state index is 12.1. The number of hydrogen-bond acceptors (Lipinski definition) is 5. The van der Waals surface area contributed by atoms with Crippen molar-refractivity contribution in [3.05, 3.63) is 59.8 Å². The van der Waals surface area contributed by atoms with E-state index in [1.54, 1.807) is 30.7 Å². The molecule has 2 aromatic rings. The van der Waals surface area contributed by atoms with Crippen LogP contribution in [0.3, 0.4) is 0 Å². The first-order chi connectivity index (χ1) is 9.93. The largest absolute Gasteiger partial charge is 0.383 e. The van der Waals surface area contributed by atoms with E-state index in [1.807, 2.05) is 22.6 Å². The lowest BCUT2D eigenvalue weighted by molar-refractivity contribution is -0.383. The van der Waals surface area contributed by atoms with Crippen LogP contribution in [-0.2, 0) is 6.54 Å². The Morgan fingerprint density at radius 2 is 2.19 bits per heavy atom. The Kier molecular flexibility index (Phi) is 4.56. The summed E-state index contributed by atoms with van der Waals surface area (Å²) in [5.41, 5.74) is 1.10. The molecule has 21 heavy (non-hydrogen) atoms. The number of rotatable bonds is 4. The number of aromatic nitrogens is 2. The van der Waals surface area contributed by atoms with E-state index in [1.165, 1.54) is 12.3 Å². The maximum Gasteiger partial charge on any atom is 0.292 e. The topological polar surface area (TPSA) is 90.1 Å². The predicted octanol–water partition coefficient (Wildman–Crippen LogP) is 2.15. The third-order valence-corrected chi connectivity index (χ3v) is 3.81. The predicted molar refractivity (Wildman–Crippen MR) is 87.7 cm³/mol. The Bertz CT molecular complexity index is 758. The lowest BCUT2D eigenvalue weighted by atomic mass is 10.1. The van der Waals surface area contributed by atoms with E-state index in [0.29, 0.717) is 21.6 Å². The van der Waals surface area contributed by atoms with Crippen molar-refractivity contribution in [2.45, 2.75) is 13.5 Å². The van der Waals surface area contributed by atoms with Crippen LogP contribution in [0.15, 0.2) is 29.2 Å². The van der Waals surface area contributed by atoms with Crippen molar-refractivity contribution < 1.29 is 4.92 Å². The van der Waals surface area contributed by atoms with Gasteiger partial charge in [0.05, 0.1) is 15.0 Å². The molecule has 0 aliphatic heterocycles. The van der Waals surface area contributed by atoms with Crippen molar-refractivity contribution in [2.24, 2.45) is 0 Å². The monoisotopic (exact) mass is 400 g/mol. The molecule has 0 unspecified atom stereocenters. The van der Waals surface area contributed by atoms with E-state index in [0.717, 1.165) is 5.56 Å². The first-order valence-electron chi connectivity index (χ1n) is 6.11. The van der Waals surface area contributed by atoms with Gasteiger partial charge in [-0.1, -0.05) is 6.07 Å². The number of nitrogens with zero attached hydrogens (tertiary/aromatic N) is 3. The van der Waals surface area contributed by atoms with Crippen LogP contribution in [0.25, 0.3) is 0 Å². The van der Waals surface area contributed by atoms with Gasteiger partial charge in [0.25, 0.3) is 11.2 Å². The van der Waals surface area contributed by atoms with E-state index >= 15 is 0 Å². The fourth-order valence-electron chi connectivity index (χ4n) is 1.96. The molecule has 0 saturated carbocycles. The molecule has 1 aromatic carbocycles. The average Bonchev–Trinajstić information content (AvgIpc) is 2.47. The van der Waals surface area contributed by atoms with Gasteiger partial charge in [0.1, 0.15) is 11.5 Å². The van der Waals surface area contributed by atoms with E-state index in [2.05, 4.69) is 10.3 Å². The molecule has 0 amide bonds. The summed E-state index contributed by atoms with van der Waals surface area (Å²) in [4.78, 5) is 26.7. The molecular weight excluding hydrogens is 387 g/mol. The van der Waals surface area contributed by atoms with Crippen molar-refractivity contribution in [2.75, 3.05) is 12.4 Å². The summed E-state index contributed by atoms with van der Waals surface area (Å²) in [6.07, 6.45) is 1.53. The Balaban J connectivity index is 2.44. The summed E-state index contributed by atoms with van der Waals surface area (Å²) in [7, 11) is 1.62. The van der Waals surface area contributed by atoms with Crippen LogP contribution in [-0.4, -0.2) is 21.5 Å². The molecule has 1 aromatic heterocycles. The molecule has 0 bridgehead atoms. The van der Waals surface area contributed by atoms with Crippen LogP contribution in [0.5, 0.6) is 0 Å². The molecule has 110 valence electrons. The van der Waals surface area contributed by atoms with Gasteiger partial charge in [-0.05, 0) is 41.1 Å². The first-order valence-corrected chi connectivity index (χ1v) is 7.19. The van der Waals surface area contributed by atoms with Crippen LogP contribution in [0.4, 0.5) is 11.4 Å². The highest BCUT2D eigenvalue weighted by molar-refractivity contribution is 14.1. The summed E-state index contributed by atoms with van der Waals surface area (Å²) >= 11 is 1.94. The van der Waals surface area contributed by atoms with E-state index in [4.69, 9.17) is 0 Å². The highest BCUT2D eigenvalue weighted by atomic mass is 127. The van der Waals surface area contributed by atoms with Gasteiger partial charge in [0.15, 0.2) is 0 Å². The van der Waals surface area contributed by atoms with Crippen LogP contribution in [0.1, 0.15) is 11.4 Å². The minimum absolute atomic E-state index is 0.00564. The standard InChI is InChI=1S/C13H13IN4O3/c1-8-16-6-10(14)13(19)17(8)7-9-3-4-12(18(20)21)11(5-9)15-2/h3-6,15H,7H2,1-2H3. The van der Waals surface area contributed by atoms with Crippen molar-refractivity contribution >= 4 is 34.0 Å². The average molecular weight is 400 g/mol. The molecule has 1 N–H and O–H groups in total. The quantitative estimate of drug-likeness (QED) is 0.483. The van der Waals surface area contributed by atoms with Crippen LogP contribution < -0.4 is 10.9 Å². The highest BCUT2D eigenvalue weighted by Crippen LogP contribution is 2.25. The summed E-state index contributed by atoms with van der Waals surface area (Å²) in [6.45, 7) is 2.07. The normalized spacial score (nSPS) is 10.4. The van der Waals surface area contributed by atoms with Gasteiger partial charge < -0.3 is 5.32 Å². The number of benzene rings is 1. The lowest BCUT2D eigenvalue weighted by Gasteiger charge is -2.11. The van der Waals surface area contributed by atoms with Crippen LogP contribution in [0.2, 0.25) is 0 Å². The number of anilines is 1. The molecular formula is C13H13IN4O3. The number of nitro groups is 1. The second kappa shape index (κ2) is 6.20. The van der Waals surface area contributed by atoms with Crippen molar-refractivity contribution in [3.8, 4) is 0 Å². The second-order valence-electron chi connectivity index (χ2n) is 4.40. The summed E-state index contributed by atoms with van der Waals surface area (Å²) < 4.78 is 2.08. The number of hydrogen-bond donors (Lipinski definition) is 1. The molecule has 0 atom stereocenters. The summed E-state index contributed by atoms with van der Waals surface area (Å²) in [6, 6.07) is 4.75. The minimum atomic E-state index is -0.444. The molecule has 0 radical (unpaired) electrons. The molecule has 0 fully saturated rings. The number of nitro benzene ring substituents is 1. The van der Waals surface area contributed by atoms with Crippen molar-refractivity contribution in [3.63, 3.8) is 0 Å². The van der Waals surface area contributed by atoms with Gasteiger partial charge in [0.2, 0.25) is 0 Å². The Labute approximate surface area is 134 Å². The molecule has 0 saturated heterocycles. The SMILES string of the molecule is CNc1cc(Cn2c(C)ncc(I)c2=O)ccc1[N+](=O)[O-]. The first kappa shape index (κ1) is 15.4. The van der Waals surface area contributed by atoms with Gasteiger partial charge >= 0.3 is 0 Å². The smallest absolute Gasteiger partial charge is 0.292 e. The summed E-state index contributed by atoms with van der Waals surface area (Å²) in [5, 5.41) is 13.7. The summed E-state index contributed by atoms with van der Waals surface area (Å²) in [5.74, 6) is 0.602. The Hall–Kier alpha value is -1.97. The van der Waals surface area contributed by atoms with Crippen LogP contribution in [0, 0.1) is 20.6 Å². The third kappa shape index (κ3) is 3.20. The van der Waals surface area contributed by atoms with Crippen molar-refractivity contribution in [1.82, 2.24) is 9.55 Å². The van der Waals surface area contributed by atoms with Gasteiger partial charge in [0, 0.05) is 19.3 Å². The van der Waals surface area contributed by atoms with Crippen molar-refractivity contribution in [1.29, 1.82) is 0 Å². The Morgan fingerprint density at radius 1 is 1.48 bits per heavy atom.